The van der Waals surface area contributed by atoms with E-state index in [1.54, 1.807) is 37.0 Å². The minimum absolute atomic E-state index is 0.0217. The summed E-state index contributed by atoms with van der Waals surface area (Å²) in [5, 5.41) is 7.28. The molecule has 0 bridgehead atoms. The number of piperidine rings is 1. The summed E-state index contributed by atoms with van der Waals surface area (Å²) in [5.74, 6) is -1.15. The molecular weight excluding hydrogens is 535 g/mol. The number of nitrogens with zero attached hydrogens (tertiary/aromatic N) is 5. The molecule has 9 nitrogen and oxygen atoms in total. The number of hydrogen-bond donors (Lipinski definition) is 1. The largest absolute Gasteiger partial charge is 0.352 e. The Morgan fingerprint density at radius 3 is 2.55 bits per heavy atom. The molecule has 2 aliphatic heterocycles. The van der Waals surface area contributed by atoms with Crippen LogP contribution >= 0.6 is 0 Å². The van der Waals surface area contributed by atoms with Gasteiger partial charge in [0.05, 0.1) is 23.1 Å². The number of hydrogen-bond acceptors (Lipinski definition) is 5. The lowest BCUT2D eigenvalue weighted by molar-refractivity contribution is -0.122. The maximum Gasteiger partial charge on any atom is 0.256 e. The summed E-state index contributed by atoms with van der Waals surface area (Å²) in [7, 11) is 5.61. The molecule has 3 heterocycles. The minimum Gasteiger partial charge on any atom is -0.352 e. The quantitative estimate of drug-likeness (QED) is 0.481. The average Bonchev–Trinajstić information content (AvgIpc) is 3.28. The van der Waals surface area contributed by atoms with Gasteiger partial charge in [-0.15, -0.1) is 0 Å². The fraction of sp³-hybridized carbons (Fsp3) is 0.438. The number of aryl methyl sites for hydroxylation is 2. The lowest BCUT2D eigenvalue weighted by Gasteiger charge is -2.35. The van der Waals surface area contributed by atoms with Gasteiger partial charge >= 0.3 is 0 Å². The topological polar surface area (TPSA) is 90.8 Å². The highest BCUT2D eigenvalue weighted by Gasteiger charge is 2.36. The molecule has 2 aromatic carbocycles. The van der Waals surface area contributed by atoms with E-state index < -0.39 is 11.9 Å². The number of halogens is 1. The summed E-state index contributed by atoms with van der Waals surface area (Å²) in [5.41, 5.74) is 4.23. The van der Waals surface area contributed by atoms with E-state index in [2.05, 4.69) is 29.3 Å². The molecule has 2 unspecified atom stereocenters. The molecule has 1 aromatic heterocycles. The van der Waals surface area contributed by atoms with Crippen molar-refractivity contribution in [3.8, 4) is 11.3 Å². The van der Waals surface area contributed by atoms with Crippen LogP contribution in [0.15, 0.2) is 42.6 Å². The zero-order valence-corrected chi connectivity index (χ0v) is 25.1. The van der Waals surface area contributed by atoms with Crippen LogP contribution in [-0.4, -0.2) is 76.6 Å². The Bertz CT molecular complexity index is 1510. The minimum atomic E-state index is -0.802. The summed E-state index contributed by atoms with van der Waals surface area (Å²) >= 11 is 0. The molecule has 42 heavy (non-hydrogen) atoms. The van der Waals surface area contributed by atoms with Crippen LogP contribution in [-0.2, 0) is 18.4 Å². The van der Waals surface area contributed by atoms with Crippen LogP contribution in [0, 0.1) is 18.7 Å². The molecule has 3 aromatic rings. The summed E-state index contributed by atoms with van der Waals surface area (Å²) in [6, 6.07) is 9.18. The van der Waals surface area contributed by atoms with Gasteiger partial charge in [-0.2, -0.15) is 5.10 Å². The van der Waals surface area contributed by atoms with E-state index in [1.807, 2.05) is 26.1 Å². The van der Waals surface area contributed by atoms with Crippen molar-refractivity contribution in [2.75, 3.05) is 32.1 Å². The molecule has 0 spiro atoms. The average molecular weight is 575 g/mol. The lowest BCUT2D eigenvalue weighted by atomic mass is 9.92. The number of anilines is 1. The summed E-state index contributed by atoms with van der Waals surface area (Å²) in [6.45, 7) is 7.30. The third kappa shape index (κ3) is 5.68. The molecule has 0 saturated carbocycles. The van der Waals surface area contributed by atoms with Gasteiger partial charge in [-0.1, -0.05) is 6.07 Å². The lowest BCUT2D eigenvalue weighted by Crippen LogP contribution is -2.45. The van der Waals surface area contributed by atoms with Gasteiger partial charge in [-0.3, -0.25) is 19.1 Å². The maximum atomic E-state index is 14.8. The van der Waals surface area contributed by atoms with Crippen molar-refractivity contribution in [3.63, 3.8) is 0 Å². The summed E-state index contributed by atoms with van der Waals surface area (Å²) in [6.07, 6.45) is 3.76. The molecule has 1 N–H and O–H groups in total. The third-order valence-corrected chi connectivity index (χ3v) is 8.84. The van der Waals surface area contributed by atoms with Crippen LogP contribution in [0.5, 0.6) is 0 Å². The van der Waals surface area contributed by atoms with E-state index in [4.69, 9.17) is 0 Å². The normalized spacial score (nSPS) is 21.4. The summed E-state index contributed by atoms with van der Waals surface area (Å²) in [4.78, 5) is 45.6. The Labute approximate surface area is 246 Å². The van der Waals surface area contributed by atoms with E-state index in [0.29, 0.717) is 35.3 Å². The molecule has 10 heteroatoms. The van der Waals surface area contributed by atoms with Gasteiger partial charge in [0, 0.05) is 44.4 Å². The second-order valence-electron chi connectivity index (χ2n) is 11.8. The third-order valence-electron chi connectivity index (χ3n) is 8.84. The highest BCUT2D eigenvalue weighted by molar-refractivity contribution is 6.11. The number of amides is 3. The predicted octanol–water partition coefficient (Wildman–Crippen LogP) is 4.00. The van der Waals surface area contributed by atoms with E-state index in [-0.39, 0.29) is 29.8 Å². The first-order valence-corrected chi connectivity index (χ1v) is 14.4. The van der Waals surface area contributed by atoms with Crippen LogP contribution in [0.2, 0.25) is 0 Å². The Hall–Kier alpha value is -4.05. The molecule has 0 aliphatic carbocycles. The molecule has 2 aliphatic rings. The fourth-order valence-corrected chi connectivity index (χ4v) is 6.15. The van der Waals surface area contributed by atoms with Crippen molar-refractivity contribution >= 4 is 23.4 Å². The first-order valence-electron chi connectivity index (χ1n) is 14.4. The van der Waals surface area contributed by atoms with Crippen molar-refractivity contribution in [1.29, 1.82) is 0 Å². The van der Waals surface area contributed by atoms with Crippen molar-refractivity contribution in [2.45, 2.75) is 52.2 Å². The molecule has 5 rings (SSSR count). The van der Waals surface area contributed by atoms with Gasteiger partial charge in [0.2, 0.25) is 5.91 Å². The molecule has 3 amide bonds. The van der Waals surface area contributed by atoms with Gasteiger partial charge in [-0.05, 0) is 94.6 Å². The number of rotatable bonds is 6. The fourth-order valence-electron chi connectivity index (χ4n) is 6.15. The highest BCUT2D eigenvalue weighted by Crippen LogP contribution is 2.33. The first kappa shape index (κ1) is 29.4. The van der Waals surface area contributed by atoms with Crippen LogP contribution in [0.25, 0.3) is 11.3 Å². The number of likely N-dealkylation sites (tertiary alicyclic amines) is 1. The molecule has 3 atom stereocenters. The Balaban J connectivity index is 1.38. The van der Waals surface area contributed by atoms with Crippen LogP contribution in [0.1, 0.15) is 58.5 Å². The zero-order chi connectivity index (χ0) is 30.3. The van der Waals surface area contributed by atoms with Crippen molar-refractivity contribution in [3.05, 3.63) is 70.7 Å². The molecule has 1 fully saturated rings. The van der Waals surface area contributed by atoms with Crippen molar-refractivity contribution in [2.24, 2.45) is 13.0 Å². The monoisotopic (exact) mass is 574 g/mol. The van der Waals surface area contributed by atoms with Gasteiger partial charge in [0.1, 0.15) is 11.9 Å². The molecule has 0 radical (unpaired) electrons. The second kappa shape index (κ2) is 11.7. The standard InChI is InChI=1S/C32H39FN6O3/c1-19-16-35-38(6)29(19)24-7-8-27-28(15-24)37(5)31(41)21(3)39(32(27)42)18-23-12-25(14-26(33)13-23)30(40)34-17-22-9-10-36(4)20(2)11-22/h7-8,12-16,20-22H,9-11,17-18H2,1-6H3,(H,34,40)/t20?,21-,22?/m1/s1. The summed E-state index contributed by atoms with van der Waals surface area (Å²) < 4.78 is 16.5. The first-order chi connectivity index (χ1) is 19.9. The van der Waals surface area contributed by atoms with Gasteiger partial charge in [-0.25, -0.2) is 4.39 Å². The number of carbonyl (C=O) groups is 3. The van der Waals surface area contributed by atoms with Crippen LogP contribution < -0.4 is 10.2 Å². The Morgan fingerprint density at radius 2 is 1.86 bits per heavy atom. The van der Waals surface area contributed by atoms with Gasteiger partial charge in [0.15, 0.2) is 0 Å². The SMILES string of the molecule is Cc1cnn(C)c1-c1ccc2c(c1)N(C)C(=O)[C@@H](C)N(Cc1cc(F)cc(C(=O)NCC3CCN(C)C(C)C3)c1)C2=O. The van der Waals surface area contributed by atoms with Gasteiger partial charge in [0.25, 0.3) is 11.8 Å². The van der Waals surface area contributed by atoms with Gasteiger partial charge < -0.3 is 20.0 Å². The molecule has 1 saturated heterocycles. The Morgan fingerprint density at radius 1 is 1.10 bits per heavy atom. The maximum absolute atomic E-state index is 14.8. The number of nitrogens with one attached hydrogen (secondary N) is 1. The number of carbonyl (C=O) groups excluding carboxylic acids is 3. The van der Waals surface area contributed by atoms with E-state index in [1.165, 1.54) is 21.9 Å². The number of benzene rings is 2. The number of fused-ring (bicyclic) bond motifs is 1. The van der Waals surface area contributed by atoms with Crippen LogP contribution in [0.3, 0.4) is 0 Å². The Kier molecular flexibility index (Phi) is 8.19. The number of aromatic nitrogens is 2. The van der Waals surface area contributed by atoms with Crippen molar-refractivity contribution < 1.29 is 18.8 Å². The zero-order valence-electron chi connectivity index (χ0n) is 25.1. The predicted molar refractivity (Wildman–Crippen MR) is 160 cm³/mol. The van der Waals surface area contributed by atoms with Crippen LogP contribution in [0.4, 0.5) is 10.1 Å². The smallest absolute Gasteiger partial charge is 0.256 e. The molecule has 222 valence electrons. The number of likely N-dealkylation sites (N-methyl/N-ethyl adjacent to an activating group) is 1. The van der Waals surface area contributed by atoms with E-state index >= 15 is 0 Å². The van der Waals surface area contributed by atoms with Crippen molar-refractivity contribution in [1.82, 2.24) is 24.9 Å². The second-order valence-corrected chi connectivity index (χ2v) is 11.8. The van der Waals surface area contributed by atoms with E-state index in [0.717, 1.165) is 36.2 Å². The van der Waals surface area contributed by atoms with E-state index in [9.17, 15) is 18.8 Å². The molecular formula is C32H39FN6O3. The highest BCUT2D eigenvalue weighted by atomic mass is 19.1.